The van der Waals surface area contributed by atoms with Gasteiger partial charge in [-0.1, -0.05) is 49.4 Å². The minimum Gasteiger partial charge on any atom is -0.383 e. The van der Waals surface area contributed by atoms with Crippen LogP contribution >= 0.6 is 0 Å². The molecule has 0 radical (unpaired) electrons. The summed E-state index contributed by atoms with van der Waals surface area (Å²) >= 11 is 0. The first kappa shape index (κ1) is 12.7. The van der Waals surface area contributed by atoms with Gasteiger partial charge in [0.2, 0.25) is 0 Å². The van der Waals surface area contributed by atoms with E-state index in [1.807, 2.05) is 12.1 Å². The van der Waals surface area contributed by atoms with Gasteiger partial charge in [-0.15, -0.1) is 0 Å². The Hall–Kier alpha value is -2.29. The maximum absolute atomic E-state index is 11.8. The fraction of sp³-hybridized carbons (Fsp3) is 0.235. The number of hydrogen-bond acceptors (Lipinski definition) is 2. The largest absolute Gasteiger partial charge is 0.383 e. The van der Waals surface area contributed by atoms with Gasteiger partial charge in [-0.3, -0.25) is 4.79 Å². The molecule has 1 heterocycles. The lowest BCUT2D eigenvalue weighted by atomic mass is 10.0. The van der Waals surface area contributed by atoms with Crippen molar-refractivity contribution in [3.8, 4) is 0 Å². The minimum absolute atomic E-state index is 0.110. The van der Waals surface area contributed by atoms with Crippen molar-refractivity contribution in [1.82, 2.24) is 5.16 Å². The molecule has 0 amide bonds. The van der Waals surface area contributed by atoms with Gasteiger partial charge >= 0.3 is 0 Å². The van der Waals surface area contributed by atoms with Gasteiger partial charge < -0.3 is 4.52 Å². The number of benzene rings is 2. The Morgan fingerprint density at radius 1 is 1.10 bits per heavy atom. The summed E-state index contributed by atoms with van der Waals surface area (Å²) < 4.78 is 5.26. The molecule has 3 rings (SSSR count). The third kappa shape index (κ3) is 2.39. The van der Waals surface area contributed by atoms with E-state index in [1.54, 1.807) is 0 Å². The predicted molar refractivity (Wildman–Crippen MR) is 80.1 cm³/mol. The average molecular weight is 267 g/mol. The lowest BCUT2D eigenvalue weighted by molar-refractivity contribution is 0.376. The number of aryl methyl sites for hydroxylation is 1. The smallest absolute Gasteiger partial charge is 0.283 e. The van der Waals surface area contributed by atoms with Crippen LogP contribution in [0.2, 0.25) is 0 Å². The molecule has 0 aliphatic rings. The van der Waals surface area contributed by atoms with Crippen LogP contribution in [0.5, 0.6) is 0 Å². The maximum Gasteiger partial charge on any atom is 0.283 e. The fourth-order valence-electron chi connectivity index (χ4n) is 2.52. The third-order valence-electron chi connectivity index (χ3n) is 3.55. The lowest BCUT2D eigenvalue weighted by Gasteiger charge is -2.03. The standard InChI is InChI=1S/C17H17NO2/c1-2-5-16-15(17(19)18-20-16)11-12-8-9-13-6-3-4-7-14(13)10-12/h3-4,6-10H,2,5,11H2,1H3,(H,18,19). The highest BCUT2D eigenvalue weighted by molar-refractivity contribution is 5.83. The van der Waals surface area contributed by atoms with Gasteiger partial charge in [-0.25, -0.2) is 0 Å². The molecule has 0 atom stereocenters. The molecule has 1 N–H and O–H groups in total. The second kappa shape index (κ2) is 5.37. The molecule has 0 bridgehead atoms. The molecular weight excluding hydrogens is 250 g/mol. The Morgan fingerprint density at radius 3 is 2.70 bits per heavy atom. The van der Waals surface area contributed by atoms with Crippen LogP contribution < -0.4 is 5.56 Å². The van der Waals surface area contributed by atoms with Crippen molar-refractivity contribution >= 4 is 10.8 Å². The zero-order chi connectivity index (χ0) is 13.9. The Labute approximate surface area is 117 Å². The van der Waals surface area contributed by atoms with E-state index >= 15 is 0 Å². The van der Waals surface area contributed by atoms with E-state index in [4.69, 9.17) is 4.52 Å². The van der Waals surface area contributed by atoms with E-state index in [-0.39, 0.29) is 5.56 Å². The zero-order valence-electron chi connectivity index (χ0n) is 11.5. The van der Waals surface area contributed by atoms with Gasteiger partial charge in [-0.05, 0) is 22.8 Å². The van der Waals surface area contributed by atoms with Gasteiger partial charge in [0.25, 0.3) is 5.56 Å². The normalized spacial score (nSPS) is 11.1. The minimum atomic E-state index is -0.110. The predicted octanol–water partition coefficient (Wildman–Crippen LogP) is 3.66. The molecule has 3 heteroatoms. The fourth-order valence-corrected chi connectivity index (χ4v) is 2.52. The van der Waals surface area contributed by atoms with E-state index < -0.39 is 0 Å². The van der Waals surface area contributed by atoms with Crippen molar-refractivity contribution in [3.63, 3.8) is 0 Å². The molecule has 0 spiro atoms. The molecule has 0 aliphatic heterocycles. The van der Waals surface area contributed by atoms with Gasteiger partial charge in [0.05, 0.1) is 5.56 Å². The summed E-state index contributed by atoms with van der Waals surface area (Å²) in [5.41, 5.74) is 1.77. The highest BCUT2D eigenvalue weighted by atomic mass is 16.5. The van der Waals surface area contributed by atoms with E-state index in [0.717, 1.165) is 29.7 Å². The van der Waals surface area contributed by atoms with Gasteiger partial charge in [0.1, 0.15) is 5.76 Å². The van der Waals surface area contributed by atoms with Crippen LogP contribution in [-0.2, 0) is 12.8 Å². The van der Waals surface area contributed by atoms with Crippen molar-refractivity contribution < 1.29 is 4.52 Å². The first-order valence-electron chi connectivity index (χ1n) is 6.95. The van der Waals surface area contributed by atoms with E-state index in [0.29, 0.717) is 6.42 Å². The van der Waals surface area contributed by atoms with Crippen LogP contribution in [0.3, 0.4) is 0 Å². The number of fused-ring (bicyclic) bond motifs is 1. The van der Waals surface area contributed by atoms with Crippen LogP contribution in [0, 0.1) is 0 Å². The highest BCUT2D eigenvalue weighted by Crippen LogP contribution is 2.18. The van der Waals surface area contributed by atoms with E-state index in [1.165, 1.54) is 10.8 Å². The monoisotopic (exact) mass is 267 g/mol. The Bertz CT molecular complexity index is 783. The summed E-state index contributed by atoms with van der Waals surface area (Å²) in [6, 6.07) is 14.5. The third-order valence-corrected chi connectivity index (χ3v) is 3.55. The Balaban J connectivity index is 1.97. The van der Waals surface area contributed by atoms with Crippen molar-refractivity contribution in [1.29, 1.82) is 0 Å². The Morgan fingerprint density at radius 2 is 1.90 bits per heavy atom. The SMILES string of the molecule is CCCc1o[nH]c(=O)c1Cc1ccc2ccccc2c1. The molecule has 20 heavy (non-hydrogen) atoms. The van der Waals surface area contributed by atoms with Crippen LogP contribution in [-0.4, -0.2) is 5.16 Å². The number of rotatable bonds is 4. The Kier molecular flexibility index (Phi) is 3.42. The molecule has 0 unspecified atom stereocenters. The van der Waals surface area contributed by atoms with Crippen LogP contribution in [0.15, 0.2) is 51.8 Å². The van der Waals surface area contributed by atoms with Crippen LogP contribution in [0.4, 0.5) is 0 Å². The van der Waals surface area contributed by atoms with Crippen molar-refractivity contribution in [2.75, 3.05) is 0 Å². The number of aromatic amines is 1. The summed E-state index contributed by atoms with van der Waals surface area (Å²) in [5.74, 6) is 0.783. The molecule has 3 nitrogen and oxygen atoms in total. The van der Waals surface area contributed by atoms with Crippen molar-refractivity contribution in [3.05, 3.63) is 69.7 Å². The second-order valence-corrected chi connectivity index (χ2v) is 5.04. The molecule has 0 saturated heterocycles. The number of hydrogen-bond donors (Lipinski definition) is 1. The van der Waals surface area contributed by atoms with Crippen molar-refractivity contribution in [2.24, 2.45) is 0 Å². The quantitative estimate of drug-likeness (QED) is 0.784. The van der Waals surface area contributed by atoms with Crippen molar-refractivity contribution in [2.45, 2.75) is 26.2 Å². The van der Waals surface area contributed by atoms with Gasteiger partial charge in [0, 0.05) is 12.8 Å². The number of nitrogens with one attached hydrogen (secondary N) is 1. The maximum atomic E-state index is 11.8. The first-order chi connectivity index (χ1) is 9.78. The molecule has 0 saturated carbocycles. The zero-order valence-corrected chi connectivity index (χ0v) is 11.5. The molecule has 0 aliphatic carbocycles. The average Bonchev–Trinajstić information content (AvgIpc) is 2.81. The highest BCUT2D eigenvalue weighted by Gasteiger charge is 2.12. The lowest BCUT2D eigenvalue weighted by Crippen LogP contribution is -2.07. The summed E-state index contributed by atoms with van der Waals surface area (Å²) in [6.07, 6.45) is 2.37. The summed E-state index contributed by atoms with van der Waals surface area (Å²) in [4.78, 5) is 11.8. The molecule has 1 aromatic heterocycles. The molecule has 102 valence electrons. The number of H-pyrrole nitrogens is 1. The second-order valence-electron chi connectivity index (χ2n) is 5.04. The molecular formula is C17H17NO2. The summed E-state index contributed by atoms with van der Waals surface area (Å²) in [6.45, 7) is 2.08. The van der Waals surface area contributed by atoms with Gasteiger partial charge in [0.15, 0.2) is 0 Å². The summed E-state index contributed by atoms with van der Waals surface area (Å²) in [7, 11) is 0. The molecule has 2 aromatic carbocycles. The topological polar surface area (TPSA) is 46.0 Å². The molecule has 3 aromatic rings. The van der Waals surface area contributed by atoms with E-state index in [2.05, 4.69) is 42.4 Å². The number of aromatic nitrogens is 1. The van der Waals surface area contributed by atoms with Crippen LogP contribution in [0.1, 0.15) is 30.2 Å². The van der Waals surface area contributed by atoms with E-state index in [9.17, 15) is 4.79 Å². The van der Waals surface area contributed by atoms with Gasteiger partial charge in [-0.2, -0.15) is 5.16 Å². The molecule has 0 fully saturated rings. The van der Waals surface area contributed by atoms with Crippen LogP contribution in [0.25, 0.3) is 10.8 Å². The summed E-state index contributed by atoms with van der Waals surface area (Å²) in [5, 5.41) is 4.86. The first-order valence-corrected chi connectivity index (χ1v) is 6.95.